The van der Waals surface area contributed by atoms with E-state index in [9.17, 15) is 5.11 Å². The second-order valence-corrected chi connectivity index (χ2v) is 5.10. The minimum absolute atomic E-state index is 0.181. The third-order valence-corrected chi connectivity index (χ3v) is 3.07. The van der Waals surface area contributed by atoms with Crippen LogP contribution in [-0.4, -0.2) is 37.0 Å². The number of aliphatic hydroxyl groups is 1. The van der Waals surface area contributed by atoms with E-state index < -0.39 is 6.10 Å². The molecule has 0 aliphatic carbocycles. The molecular formula is C12H21NO2S. The predicted octanol–water partition coefficient (Wildman–Crippen LogP) is 1.67. The molecule has 0 amide bonds. The molecule has 4 heteroatoms. The van der Waals surface area contributed by atoms with Gasteiger partial charge in [0.05, 0.1) is 18.8 Å². The van der Waals surface area contributed by atoms with Gasteiger partial charge in [-0.3, -0.25) is 0 Å². The maximum Gasteiger partial charge on any atom is 0.0897 e. The van der Waals surface area contributed by atoms with E-state index in [1.807, 2.05) is 13.8 Å². The molecule has 0 fully saturated rings. The Hall–Kier alpha value is -0.420. The maximum absolute atomic E-state index is 9.57. The van der Waals surface area contributed by atoms with Crippen molar-refractivity contribution in [1.82, 2.24) is 5.32 Å². The molecule has 2 N–H and O–H groups in total. The molecule has 0 aromatic carbocycles. The summed E-state index contributed by atoms with van der Waals surface area (Å²) >= 11 is 1.77. The molecule has 92 valence electrons. The third-order valence-electron chi connectivity index (χ3n) is 2.13. The van der Waals surface area contributed by atoms with Gasteiger partial charge in [-0.05, 0) is 31.7 Å². The molecule has 3 nitrogen and oxygen atoms in total. The Morgan fingerprint density at radius 1 is 1.50 bits per heavy atom. The number of nitrogens with one attached hydrogen (secondary N) is 1. The Labute approximate surface area is 101 Å². The van der Waals surface area contributed by atoms with Crippen LogP contribution in [0.2, 0.25) is 0 Å². The first-order valence-electron chi connectivity index (χ1n) is 5.71. The second-order valence-electron chi connectivity index (χ2n) is 4.07. The van der Waals surface area contributed by atoms with E-state index in [-0.39, 0.29) is 6.10 Å². The largest absolute Gasteiger partial charge is 0.389 e. The van der Waals surface area contributed by atoms with Crippen molar-refractivity contribution >= 4 is 11.3 Å². The van der Waals surface area contributed by atoms with Gasteiger partial charge in [-0.2, -0.15) is 0 Å². The first-order valence-corrected chi connectivity index (χ1v) is 6.59. The number of rotatable bonds is 8. The Kier molecular flexibility index (Phi) is 6.64. The fourth-order valence-corrected chi connectivity index (χ4v) is 2.01. The van der Waals surface area contributed by atoms with Crippen LogP contribution in [0, 0.1) is 0 Å². The summed E-state index contributed by atoms with van der Waals surface area (Å²) in [7, 11) is 0. The number of hydrogen-bond donors (Lipinski definition) is 2. The Balaban J connectivity index is 1.98. The average molecular weight is 243 g/mol. The van der Waals surface area contributed by atoms with Crippen LogP contribution in [0.5, 0.6) is 0 Å². The highest BCUT2D eigenvalue weighted by molar-refractivity contribution is 7.09. The van der Waals surface area contributed by atoms with Crippen molar-refractivity contribution in [3.63, 3.8) is 0 Å². The molecule has 0 spiro atoms. The molecule has 1 atom stereocenters. The monoisotopic (exact) mass is 243 g/mol. The van der Waals surface area contributed by atoms with Gasteiger partial charge in [-0.15, -0.1) is 11.3 Å². The smallest absolute Gasteiger partial charge is 0.0897 e. The van der Waals surface area contributed by atoms with Crippen LogP contribution in [0.1, 0.15) is 18.7 Å². The molecule has 16 heavy (non-hydrogen) atoms. The predicted molar refractivity (Wildman–Crippen MR) is 68.0 cm³/mol. The highest BCUT2D eigenvalue weighted by Gasteiger charge is 2.04. The third kappa shape index (κ3) is 6.23. The van der Waals surface area contributed by atoms with E-state index in [0.717, 1.165) is 13.0 Å². The van der Waals surface area contributed by atoms with Crippen LogP contribution in [0.3, 0.4) is 0 Å². The average Bonchev–Trinajstić information content (AvgIpc) is 2.74. The zero-order valence-corrected chi connectivity index (χ0v) is 10.8. The van der Waals surface area contributed by atoms with Crippen LogP contribution in [0.25, 0.3) is 0 Å². The van der Waals surface area contributed by atoms with Gasteiger partial charge >= 0.3 is 0 Å². The number of thiophene rings is 1. The topological polar surface area (TPSA) is 41.5 Å². The van der Waals surface area contributed by atoms with Gasteiger partial charge in [-0.25, -0.2) is 0 Å². The first kappa shape index (κ1) is 13.6. The fourth-order valence-electron chi connectivity index (χ4n) is 1.30. The SMILES string of the molecule is CC(C)OCC(O)CNCCc1cccs1. The lowest BCUT2D eigenvalue weighted by molar-refractivity contribution is 0.00652. The van der Waals surface area contributed by atoms with Gasteiger partial charge in [0, 0.05) is 18.0 Å². The summed E-state index contributed by atoms with van der Waals surface area (Å²) < 4.78 is 5.32. The van der Waals surface area contributed by atoms with Crippen molar-refractivity contribution in [2.75, 3.05) is 19.7 Å². The normalized spacial score (nSPS) is 13.2. The lowest BCUT2D eigenvalue weighted by atomic mass is 10.3. The Morgan fingerprint density at radius 2 is 2.31 bits per heavy atom. The number of aliphatic hydroxyl groups excluding tert-OH is 1. The van der Waals surface area contributed by atoms with Crippen LogP contribution in [0.15, 0.2) is 17.5 Å². The zero-order chi connectivity index (χ0) is 11.8. The maximum atomic E-state index is 9.57. The minimum Gasteiger partial charge on any atom is -0.389 e. The first-order chi connectivity index (χ1) is 7.68. The summed E-state index contributed by atoms with van der Waals surface area (Å²) in [6, 6.07) is 4.19. The molecule has 1 rings (SSSR count). The summed E-state index contributed by atoms with van der Waals surface area (Å²) in [5, 5.41) is 14.9. The van der Waals surface area contributed by atoms with Crippen molar-refractivity contribution in [2.45, 2.75) is 32.5 Å². The molecule has 1 aromatic rings. The van der Waals surface area contributed by atoms with E-state index in [0.29, 0.717) is 13.2 Å². The second kappa shape index (κ2) is 7.79. The van der Waals surface area contributed by atoms with Crippen molar-refractivity contribution in [2.24, 2.45) is 0 Å². The Morgan fingerprint density at radius 3 is 2.94 bits per heavy atom. The van der Waals surface area contributed by atoms with Crippen LogP contribution in [-0.2, 0) is 11.2 Å². The molecular weight excluding hydrogens is 222 g/mol. The standard InChI is InChI=1S/C12H21NO2S/c1-10(2)15-9-11(14)8-13-6-5-12-4-3-7-16-12/h3-4,7,10-11,13-14H,5-6,8-9H2,1-2H3. The van der Waals surface area contributed by atoms with Crippen LogP contribution >= 0.6 is 11.3 Å². The molecule has 1 heterocycles. The van der Waals surface area contributed by atoms with Gasteiger partial charge < -0.3 is 15.2 Å². The lowest BCUT2D eigenvalue weighted by Gasteiger charge is -2.13. The molecule has 0 aliphatic rings. The van der Waals surface area contributed by atoms with Crippen molar-refractivity contribution in [3.8, 4) is 0 Å². The highest BCUT2D eigenvalue weighted by Crippen LogP contribution is 2.07. The van der Waals surface area contributed by atoms with E-state index in [4.69, 9.17) is 4.74 Å². The number of ether oxygens (including phenoxy) is 1. The van der Waals surface area contributed by atoms with Gasteiger partial charge in [0.1, 0.15) is 0 Å². The van der Waals surface area contributed by atoms with Crippen LogP contribution in [0.4, 0.5) is 0 Å². The zero-order valence-electron chi connectivity index (χ0n) is 9.98. The number of hydrogen-bond acceptors (Lipinski definition) is 4. The lowest BCUT2D eigenvalue weighted by Crippen LogP contribution is -2.32. The molecule has 0 bridgehead atoms. The summed E-state index contributed by atoms with van der Waals surface area (Å²) in [6.45, 7) is 5.84. The molecule has 0 aliphatic heterocycles. The van der Waals surface area contributed by atoms with E-state index in [2.05, 4.69) is 22.8 Å². The fraction of sp³-hybridized carbons (Fsp3) is 0.667. The van der Waals surface area contributed by atoms with E-state index in [1.54, 1.807) is 11.3 Å². The van der Waals surface area contributed by atoms with Crippen molar-refractivity contribution in [1.29, 1.82) is 0 Å². The minimum atomic E-state index is -0.411. The quantitative estimate of drug-likeness (QED) is 0.682. The molecule has 0 saturated carbocycles. The summed E-state index contributed by atoms with van der Waals surface area (Å²) in [5.74, 6) is 0. The summed E-state index contributed by atoms with van der Waals surface area (Å²) in [4.78, 5) is 1.38. The summed E-state index contributed by atoms with van der Waals surface area (Å²) in [6.07, 6.45) is 0.793. The van der Waals surface area contributed by atoms with Crippen molar-refractivity contribution in [3.05, 3.63) is 22.4 Å². The molecule has 0 saturated heterocycles. The van der Waals surface area contributed by atoms with Crippen LogP contribution < -0.4 is 5.32 Å². The molecule has 1 unspecified atom stereocenters. The van der Waals surface area contributed by atoms with Crippen molar-refractivity contribution < 1.29 is 9.84 Å². The van der Waals surface area contributed by atoms with Gasteiger partial charge in [0.15, 0.2) is 0 Å². The van der Waals surface area contributed by atoms with Gasteiger partial charge in [0.2, 0.25) is 0 Å². The van der Waals surface area contributed by atoms with E-state index >= 15 is 0 Å². The molecule has 0 radical (unpaired) electrons. The van der Waals surface area contributed by atoms with E-state index in [1.165, 1.54) is 4.88 Å². The Bertz CT molecular complexity index is 262. The van der Waals surface area contributed by atoms with Gasteiger partial charge in [-0.1, -0.05) is 6.07 Å². The summed E-state index contributed by atoms with van der Waals surface area (Å²) in [5.41, 5.74) is 0. The molecule has 1 aromatic heterocycles. The van der Waals surface area contributed by atoms with Gasteiger partial charge in [0.25, 0.3) is 0 Å². The highest BCUT2D eigenvalue weighted by atomic mass is 32.1.